The van der Waals surface area contributed by atoms with Gasteiger partial charge < -0.3 is 19.6 Å². The monoisotopic (exact) mass is 490 g/mol. The number of benzene rings is 1. The minimum absolute atomic E-state index is 0.118. The SMILES string of the molecule is CCc1nc(N2CC3(CCN(C(=O)O)CC3)N(Cc3cccc(OC)c3)C2=O)ccc1-c1cn[nH]c1. The first kappa shape index (κ1) is 23.7. The molecule has 10 nitrogen and oxygen atoms in total. The van der Waals surface area contributed by atoms with Crippen molar-refractivity contribution in [2.75, 3.05) is 31.6 Å². The van der Waals surface area contributed by atoms with E-state index in [9.17, 15) is 14.7 Å². The lowest BCUT2D eigenvalue weighted by molar-refractivity contribution is 0.0686. The number of aromatic nitrogens is 3. The number of anilines is 1. The summed E-state index contributed by atoms with van der Waals surface area (Å²) in [4.78, 5) is 35.4. The molecule has 2 aliphatic rings. The molecule has 2 N–H and O–H groups in total. The van der Waals surface area contributed by atoms with E-state index in [0.29, 0.717) is 51.3 Å². The molecule has 5 rings (SSSR count). The summed E-state index contributed by atoms with van der Waals surface area (Å²) in [5, 5.41) is 16.4. The fourth-order valence-corrected chi connectivity index (χ4v) is 5.28. The van der Waals surface area contributed by atoms with Crippen molar-refractivity contribution in [3.63, 3.8) is 0 Å². The van der Waals surface area contributed by atoms with E-state index in [1.807, 2.05) is 54.4 Å². The lowest BCUT2D eigenvalue weighted by Crippen LogP contribution is -2.55. The Bertz CT molecular complexity index is 1250. The molecule has 2 aromatic heterocycles. The van der Waals surface area contributed by atoms with E-state index in [1.54, 1.807) is 18.2 Å². The topological polar surface area (TPSA) is 115 Å². The number of aromatic amines is 1. The number of H-pyrrole nitrogens is 1. The summed E-state index contributed by atoms with van der Waals surface area (Å²) >= 11 is 0. The molecule has 2 fully saturated rings. The Balaban J connectivity index is 1.48. The Hall–Kier alpha value is -4.08. The Morgan fingerprint density at radius 3 is 2.69 bits per heavy atom. The van der Waals surface area contributed by atoms with Crippen LogP contribution in [0.5, 0.6) is 5.75 Å². The van der Waals surface area contributed by atoms with Crippen molar-refractivity contribution < 1.29 is 19.4 Å². The molecule has 2 aliphatic heterocycles. The molecular weight excluding hydrogens is 460 g/mol. The van der Waals surface area contributed by atoms with Crippen LogP contribution in [0.1, 0.15) is 31.0 Å². The van der Waals surface area contributed by atoms with E-state index in [4.69, 9.17) is 9.72 Å². The Labute approximate surface area is 209 Å². The number of carboxylic acid groups (broad SMARTS) is 1. The zero-order valence-corrected chi connectivity index (χ0v) is 20.5. The number of carbonyl (C=O) groups excluding carboxylic acids is 1. The number of urea groups is 1. The van der Waals surface area contributed by atoms with Gasteiger partial charge in [-0.3, -0.25) is 10.00 Å². The number of pyridine rings is 1. The predicted octanol–water partition coefficient (Wildman–Crippen LogP) is 4.00. The molecule has 0 saturated carbocycles. The second kappa shape index (κ2) is 9.52. The van der Waals surface area contributed by atoms with Gasteiger partial charge in [0.2, 0.25) is 0 Å². The highest BCUT2D eigenvalue weighted by molar-refractivity contribution is 5.95. The van der Waals surface area contributed by atoms with Crippen LogP contribution in [0, 0.1) is 0 Å². The van der Waals surface area contributed by atoms with Crippen molar-refractivity contribution in [1.82, 2.24) is 25.0 Å². The summed E-state index contributed by atoms with van der Waals surface area (Å²) in [7, 11) is 1.62. The van der Waals surface area contributed by atoms with Gasteiger partial charge in [-0.2, -0.15) is 5.10 Å². The largest absolute Gasteiger partial charge is 0.497 e. The number of hydrogen-bond acceptors (Lipinski definition) is 5. The zero-order chi connectivity index (χ0) is 25.3. The first-order chi connectivity index (χ1) is 17.4. The molecule has 2 saturated heterocycles. The van der Waals surface area contributed by atoms with Gasteiger partial charge in [-0.25, -0.2) is 14.6 Å². The van der Waals surface area contributed by atoms with Crippen molar-refractivity contribution in [3.8, 4) is 16.9 Å². The third kappa shape index (κ3) is 4.23. The highest BCUT2D eigenvalue weighted by atomic mass is 16.5. The normalized spacial score (nSPS) is 17.2. The van der Waals surface area contributed by atoms with Gasteiger partial charge in [0, 0.05) is 37.0 Å². The molecule has 1 spiro atoms. The van der Waals surface area contributed by atoms with E-state index in [0.717, 1.165) is 28.1 Å². The minimum atomic E-state index is -0.922. The van der Waals surface area contributed by atoms with Crippen LogP contribution in [0.25, 0.3) is 11.1 Å². The van der Waals surface area contributed by atoms with Gasteiger partial charge in [0.25, 0.3) is 0 Å². The molecule has 188 valence electrons. The third-order valence-electron chi connectivity index (χ3n) is 7.31. The van der Waals surface area contributed by atoms with E-state index < -0.39 is 11.6 Å². The van der Waals surface area contributed by atoms with Crippen molar-refractivity contribution >= 4 is 17.9 Å². The van der Waals surface area contributed by atoms with Crippen LogP contribution in [-0.4, -0.2) is 74.5 Å². The quantitative estimate of drug-likeness (QED) is 0.540. The van der Waals surface area contributed by atoms with Gasteiger partial charge >= 0.3 is 12.1 Å². The summed E-state index contributed by atoms with van der Waals surface area (Å²) in [6.45, 7) is 3.69. The van der Waals surface area contributed by atoms with Crippen LogP contribution in [0.15, 0.2) is 48.8 Å². The molecule has 0 radical (unpaired) electrons. The number of nitrogens with zero attached hydrogens (tertiary/aromatic N) is 5. The number of piperidine rings is 1. The summed E-state index contributed by atoms with van der Waals surface area (Å²) in [5.41, 5.74) is 3.31. The maximum atomic E-state index is 13.9. The maximum Gasteiger partial charge on any atom is 0.407 e. The molecular formula is C26H30N6O4. The van der Waals surface area contributed by atoms with Crippen molar-refractivity contribution in [1.29, 1.82) is 0 Å². The van der Waals surface area contributed by atoms with Gasteiger partial charge in [0.1, 0.15) is 11.6 Å². The Kier molecular flexibility index (Phi) is 6.26. The number of hydrogen-bond donors (Lipinski definition) is 2. The van der Waals surface area contributed by atoms with Crippen LogP contribution >= 0.6 is 0 Å². The number of ether oxygens (including phenoxy) is 1. The predicted molar refractivity (Wildman–Crippen MR) is 134 cm³/mol. The van der Waals surface area contributed by atoms with Crippen LogP contribution < -0.4 is 9.64 Å². The molecule has 1 aromatic carbocycles. The number of methoxy groups -OCH3 is 1. The second-order valence-corrected chi connectivity index (χ2v) is 9.30. The summed E-state index contributed by atoms with van der Waals surface area (Å²) in [5.74, 6) is 1.34. The number of likely N-dealkylation sites (tertiary alicyclic amines) is 1. The number of carbonyl (C=O) groups is 2. The summed E-state index contributed by atoms with van der Waals surface area (Å²) in [6, 6.07) is 11.5. The summed E-state index contributed by atoms with van der Waals surface area (Å²) < 4.78 is 5.38. The van der Waals surface area contributed by atoms with Gasteiger partial charge in [0.15, 0.2) is 0 Å². The van der Waals surface area contributed by atoms with Crippen molar-refractivity contribution in [2.45, 2.75) is 38.3 Å². The first-order valence-corrected chi connectivity index (χ1v) is 12.1. The van der Waals surface area contributed by atoms with E-state index in [1.165, 1.54) is 4.90 Å². The Morgan fingerprint density at radius 2 is 2.03 bits per heavy atom. The smallest absolute Gasteiger partial charge is 0.407 e. The van der Waals surface area contributed by atoms with Gasteiger partial charge in [0.05, 0.1) is 31.1 Å². The summed E-state index contributed by atoms with van der Waals surface area (Å²) in [6.07, 6.45) is 4.52. The molecule has 3 amide bonds. The standard InChI is InChI=1S/C26H30N6O4/c1-3-22-21(19-14-27-28-15-19)7-8-23(29-22)31-17-26(9-11-30(12-10-26)25(34)35)32(24(31)33)16-18-5-4-6-20(13-18)36-2/h4-8,13-15H,3,9-12,16-17H2,1-2H3,(H,27,28)(H,34,35). The molecule has 0 atom stereocenters. The van der Waals surface area contributed by atoms with Crippen LogP contribution in [0.3, 0.4) is 0 Å². The number of nitrogens with one attached hydrogen (secondary N) is 1. The zero-order valence-electron chi connectivity index (χ0n) is 20.5. The number of rotatable bonds is 6. The highest BCUT2D eigenvalue weighted by Gasteiger charge is 2.52. The van der Waals surface area contributed by atoms with E-state index in [-0.39, 0.29) is 6.03 Å². The lowest BCUT2D eigenvalue weighted by Gasteiger charge is -2.43. The van der Waals surface area contributed by atoms with E-state index >= 15 is 0 Å². The third-order valence-corrected chi connectivity index (χ3v) is 7.31. The molecule has 0 bridgehead atoms. The number of aryl methyl sites for hydroxylation is 1. The van der Waals surface area contributed by atoms with Gasteiger partial charge in [-0.15, -0.1) is 0 Å². The maximum absolute atomic E-state index is 13.9. The van der Waals surface area contributed by atoms with Crippen molar-refractivity contribution in [2.24, 2.45) is 0 Å². The van der Waals surface area contributed by atoms with Crippen molar-refractivity contribution in [3.05, 3.63) is 60.0 Å². The minimum Gasteiger partial charge on any atom is -0.497 e. The first-order valence-electron chi connectivity index (χ1n) is 12.1. The fourth-order valence-electron chi connectivity index (χ4n) is 5.28. The average molecular weight is 491 g/mol. The molecule has 0 aliphatic carbocycles. The second-order valence-electron chi connectivity index (χ2n) is 9.30. The Morgan fingerprint density at radius 1 is 1.22 bits per heavy atom. The fraction of sp³-hybridized carbons (Fsp3) is 0.385. The highest BCUT2D eigenvalue weighted by Crippen LogP contribution is 2.39. The van der Waals surface area contributed by atoms with Gasteiger partial charge in [-0.05, 0) is 49.1 Å². The lowest BCUT2D eigenvalue weighted by atomic mass is 9.86. The average Bonchev–Trinajstić information content (AvgIpc) is 3.52. The molecule has 36 heavy (non-hydrogen) atoms. The van der Waals surface area contributed by atoms with Crippen LogP contribution in [0.4, 0.5) is 15.4 Å². The van der Waals surface area contributed by atoms with Crippen LogP contribution in [0.2, 0.25) is 0 Å². The van der Waals surface area contributed by atoms with E-state index in [2.05, 4.69) is 10.2 Å². The van der Waals surface area contributed by atoms with Gasteiger partial charge in [-0.1, -0.05) is 19.1 Å². The molecule has 0 unspecified atom stereocenters. The molecule has 4 heterocycles. The molecule has 3 aromatic rings. The molecule has 10 heteroatoms. The van der Waals surface area contributed by atoms with Crippen LogP contribution in [-0.2, 0) is 13.0 Å². The number of amides is 3.